The Morgan fingerprint density at radius 3 is 2.71 bits per heavy atom. The van der Waals surface area contributed by atoms with Crippen LogP contribution in [0.2, 0.25) is 0 Å². The molecule has 4 nitrogen and oxygen atoms in total. The Kier molecular flexibility index (Phi) is 3.71. The molecule has 0 saturated heterocycles. The van der Waals surface area contributed by atoms with Gasteiger partial charge in [-0.15, -0.1) is 11.6 Å². The van der Waals surface area contributed by atoms with Crippen LogP contribution in [0.25, 0.3) is 5.65 Å². The first-order chi connectivity index (χ1) is 10.3. The normalized spacial score (nSPS) is 10.8. The van der Waals surface area contributed by atoms with Gasteiger partial charge in [-0.3, -0.25) is 0 Å². The van der Waals surface area contributed by atoms with Gasteiger partial charge in [-0.2, -0.15) is 0 Å². The summed E-state index contributed by atoms with van der Waals surface area (Å²) in [5.41, 5.74) is 2.79. The summed E-state index contributed by atoms with van der Waals surface area (Å²) in [5.74, 6) is 2.03. The molecule has 108 valence electrons. The van der Waals surface area contributed by atoms with E-state index in [9.17, 15) is 0 Å². The number of aromatic nitrogens is 2. The third-order valence-electron chi connectivity index (χ3n) is 3.50. The van der Waals surface area contributed by atoms with Crippen molar-refractivity contribution in [1.29, 1.82) is 0 Å². The lowest BCUT2D eigenvalue weighted by Gasteiger charge is -2.20. The zero-order valence-electron chi connectivity index (χ0n) is 12.0. The van der Waals surface area contributed by atoms with Crippen LogP contribution in [0.3, 0.4) is 0 Å². The van der Waals surface area contributed by atoms with Crippen molar-refractivity contribution in [3.63, 3.8) is 0 Å². The van der Waals surface area contributed by atoms with Crippen molar-refractivity contribution in [2.45, 2.75) is 5.88 Å². The Bertz CT molecular complexity index is 769. The molecule has 5 heteroatoms. The molecule has 0 fully saturated rings. The number of para-hydroxylation sites is 2. The number of alkyl halides is 1. The van der Waals surface area contributed by atoms with E-state index in [4.69, 9.17) is 16.3 Å². The van der Waals surface area contributed by atoms with Gasteiger partial charge >= 0.3 is 0 Å². The third-order valence-corrected chi connectivity index (χ3v) is 3.75. The van der Waals surface area contributed by atoms with Crippen LogP contribution in [0.1, 0.15) is 5.69 Å². The number of hydrogen-bond donors (Lipinski definition) is 0. The molecule has 0 spiro atoms. The average Bonchev–Trinajstić information content (AvgIpc) is 2.92. The summed E-state index contributed by atoms with van der Waals surface area (Å²) >= 11 is 6.14. The average molecular weight is 302 g/mol. The van der Waals surface area contributed by atoms with Gasteiger partial charge in [0.05, 0.1) is 24.4 Å². The summed E-state index contributed by atoms with van der Waals surface area (Å²) in [6.45, 7) is 0. The molecule has 0 saturated carbocycles. The Labute approximate surface area is 128 Å². The number of fused-ring (bicyclic) bond motifs is 1. The molecule has 3 rings (SSSR count). The highest BCUT2D eigenvalue weighted by Crippen LogP contribution is 2.34. The Morgan fingerprint density at radius 2 is 1.95 bits per heavy atom. The largest absolute Gasteiger partial charge is 0.495 e. The van der Waals surface area contributed by atoms with Crippen LogP contribution in [0.15, 0.2) is 48.7 Å². The molecular weight excluding hydrogens is 286 g/mol. The minimum absolute atomic E-state index is 0.389. The van der Waals surface area contributed by atoms with Crippen LogP contribution >= 0.6 is 11.6 Å². The molecule has 0 radical (unpaired) electrons. The van der Waals surface area contributed by atoms with E-state index in [0.29, 0.717) is 5.88 Å². The number of ether oxygens (including phenoxy) is 1. The highest BCUT2D eigenvalue weighted by molar-refractivity contribution is 6.17. The molecular formula is C16H16ClN3O. The second kappa shape index (κ2) is 5.66. The van der Waals surface area contributed by atoms with Gasteiger partial charge < -0.3 is 14.0 Å². The summed E-state index contributed by atoms with van der Waals surface area (Å²) in [6.07, 6.45) is 1.97. The van der Waals surface area contributed by atoms with Crippen molar-refractivity contribution in [2.24, 2.45) is 0 Å². The van der Waals surface area contributed by atoms with Crippen LogP contribution in [0, 0.1) is 0 Å². The summed E-state index contributed by atoms with van der Waals surface area (Å²) in [7, 11) is 3.63. The zero-order chi connectivity index (χ0) is 14.8. The lowest BCUT2D eigenvalue weighted by atomic mass is 10.2. The maximum absolute atomic E-state index is 6.14. The molecule has 3 aromatic rings. The smallest absolute Gasteiger partial charge is 0.156 e. The molecule has 2 aromatic heterocycles. The maximum Gasteiger partial charge on any atom is 0.156 e. The minimum atomic E-state index is 0.389. The molecule has 0 amide bonds. The molecule has 0 aliphatic heterocycles. The summed E-state index contributed by atoms with van der Waals surface area (Å²) < 4.78 is 7.43. The predicted molar refractivity (Wildman–Crippen MR) is 85.8 cm³/mol. The molecule has 2 heterocycles. The van der Waals surface area contributed by atoms with Crippen molar-refractivity contribution in [2.75, 3.05) is 19.1 Å². The maximum atomic E-state index is 6.14. The van der Waals surface area contributed by atoms with Crippen molar-refractivity contribution in [3.8, 4) is 5.75 Å². The first-order valence-corrected chi connectivity index (χ1v) is 7.18. The second-order valence-electron chi connectivity index (χ2n) is 4.68. The van der Waals surface area contributed by atoms with Crippen molar-refractivity contribution in [1.82, 2.24) is 9.38 Å². The van der Waals surface area contributed by atoms with Crippen LogP contribution in [-0.4, -0.2) is 23.5 Å². The van der Waals surface area contributed by atoms with Gasteiger partial charge in [0.1, 0.15) is 11.4 Å². The minimum Gasteiger partial charge on any atom is -0.495 e. The van der Waals surface area contributed by atoms with E-state index in [-0.39, 0.29) is 0 Å². The van der Waals surface area contributed by atoms with E-state index in [1.165, 1.54) is 0 Å². The van der Waals surface area contributed by atoms with Gasteiger partial charge in [0, 0.05) is 13.2 Å². The number of halogens is 1. The van der Waals surface area contributed by atoms with Crippen LogP contribution < -0.4 is 9.64 Å². The standard InChI is InChI=1S/C16H16ClN3O/c1-19(12-7-3-4-8-14(12)21-2)16-13(11-17)20-10-6-5-9-15(20)18-16/h3-10H,11H2,1-2H3. The zero-order valence-corrected chi connectivity index (χ0v) is 12.7. The van der Waals surface area contributed by atoms with Gasteiger partial charge in [-0.05, 0) is 24.3 Å². The molecule has 0 bridgehead atoms. The number of hydrogen-bond acceptors (Lipinski definition) is 3. The molecule has 0 unspecified atom stereocenters. The van der Waals surface area contributed by atoms with Gasteiger partial charge in [-0.1, -0.05) is 18.2 Å². The fraction of sp³-hybridized carbons (Fsp3) is 0.188. The van der Waals surface area contributed by atoms with E-state index in [1.807, 2.05) is 65.0 Å². The number of nitrogens with zero attached hydrogens (tertiary/aromatic N) is 3. The Hall–Kier alpha value is -2.20. The molecule has 1 aromatic carbocycles. The summed E-state index contributed by atoms with van der Waals surface area (Å²) in [5, 5.41) is 0. The number of pyridine rings is 1. The van der Waals surface area contributed by atoms with Crippen LogP contribution in [-0.2, 0) is 5.88 Å². The number of anilines is 2. The lowest BCUT2D eigenvalue weighted by Crippen LogP contribution is -2.13. The first-order valence-electron chi connectivity index (χ1n) is 6.65. The monoisotopic (exact) mass is 301 g/mol. The van der Waals surface area contributed by atoms with Gasteiger partial charge in [0.2, 0.25) is 0 Å². The van der Waals surface area contributed by atoms with E-state index in [2.05, 4.69) is 4.98 Å². The van der Waals surface area contributed by atoms with Gasteiger partial charge in [-0.25, -0.2) is 4.98 Å². The molecule has 0 atom stereocenters. The number of rotatable bonds is 4. The van der Waals surface area contributed by atoms with E-state index in [0.717, 1.165) is 28.6 Å². The molecule has 0 aliphatic carbocycles. The van der Waals surface area contributed by atoms with Crippen molar-refractivity contribution < 1.29 is 4.74 Å². The SMILES string of the molecule is COc1ccccc1N(C)c1nc2ccccn2c1CCl. The molecule has 0 N–H and O–H groups in total. The lowest BCUT2D eigenvalue weighted by molar-refractivity contribution is 0.415. The Morgan fingerprint density at radius 1 is 1.19 bits per heavy atom. The summed E-state index contributed by atoms with van der Waals surface area (Å²) in [4.78, 5) is 6.69. The number of benzene rings is 1. The fourth-order valence-corrected chi connectivity index (χ4v) is 2.70. The number of methoxy groups -OCH3 is 1. The fourth-order valence-electron chi connectivity index (χ4n) is 2.45. The summed E-state index contributed by atoms with van der Waals surface area (Å²) in [6, 6.07) is 13.8. The van der Waals surface area contributed by atoms with Crippen LogP contribution in [0.4, 0.5) is 11.5 Å². The van der Waals surface area contributed by atoms with Crippen molar-refractivity contribution >= 4 is 28.8 Å². The van der Waals surface area contributed by atoms with Gasteiger partial charge in [0.15, 0.2) is 5.82 Å². The van der Waals surface area contributed by atoms with Crippen LogP contribution in [0.5, 0.6) is 5.75 Å². The highest BCUT2D eigenvalue weighted by atomic mass is 35.5. The molecule has 0 aliphatic rings. The topological polar surface area (TPSA) is 29.8 Å². The highest BCUT2D eigenvalue weighted by Gasteiger charge is 2.18. The van der Waals surface area contributed by atoms with Gasteiger partial charge in [0.25, 0.3) is 0 Å². The molecule has 21 heavy (non-hydrogen) atoms. The predicted octanol–water partition coefficient (Wildman–Crippen LogP) is 3.85. The van der Waals surface area contributed by atoms with E-state index >= 15 is 0 Å². The quantitative estimate of drug-likeness (QED) is 0.686. The Balaban J connectivity index is 2.15. The van der Waals surface area contributed by atoms with E-state index < -0.39 is 0 Å². The van der Waals surface area contributed by atoms with Crippen molar-refractivity contribution in [3.05, 3.63) is 54.4 Å². The first kappa shape index (κ1) is 13.8. The third kappa shape index (κ3) is 2.32. The second-order valence-corrected chi connectivity index (χ2v) is 4.94. The van der Waals surface area contributed by atoms with E-state index in [1.54, 1.807) is 7.11 Å². The number of imidazole rings is 1.